The summed E-state index contributed by atoms with van der Waals surface area (Å²) in [5.74, 6) is 0.700. The molecule has 0 radical (unpaired) electrons. The van der Waals surface area contributed by atoms with Crippen molar-refractivity contribution in [3.05, 3.63) is 11.1 Å². The molecule has 3 N–H and O–H groups in total. The van der Waals surface area contributed by atoms with Gasteiger partial charge in [-0.1, -0.05) is 0 Å². The van der Waals surface area contributed by atoms with Crippen molar-refractivity contribution in [1.29, 1.82) is 0 Å². The fourth-order valence-electron chi connectivity index (χ4n) is 1.25. The van der Waals surface area contributed by atoms with Gasteiger partial charge in [0.25, 0.3) is 0 Å². The zero-order valence-electron chi connectivity index (χ0n) is 11.5. The molecule has 1 aromatic rings. The lowest BCUT2D eigenvalue weighted by molar-refractivity contribution is 0.300. The Morgan fingerprint density at radius 3 is 2.74 bits per heavy atom. The van der Waals surface area contributed by atoms with Crippen molar-refractivity contribution in [2.75, 3.05) is 38.7 Å². The van der Waals surface area contributed by atoms with Crippen molar-refractivity contribution in [1.82, 2.24) is 15.6 Å². The Bertz CT molecular complexity index is 383. The predicted molar refractivity (Wildman–Crippen MR) is 91.8 cm³/mol. The topological polar surface area (TPSA) is 72.8 Å². The van der Waals surface area contributed by atoms with Gasteiger partial charge in [0.15, 0.2) is 11.1 Å². The van der Waals surface area contributed by atoms with E-state index in [0.29, 0.717) is 19.0 Å². The Morgan fingerprint density at radius 2 is 2.21 bits per heavy atom. The van der Waals surface area contributed by atoms with Crippen LogP contribution in [0.1, 0.15) is 12.6 Å². The van der Waals surface area contributed by atoms with Crippen LogP contribution in [-0.4, -0.2) is 49.8 Å². The first-order chi connectivity index (χ1) is 8.67. The fraction of sp³-hybridized carbons (Fsp3) is 0.636. The number of nitrogens with one attached hydrogen (secondary N) is 2. The van der Waals surface area contributed by atoms with E-state index in [1.807, 2.05) is 31.3 Å². The smallest absolute Gasteiger partial charge is 0.191 e. The molecule has 19 heavy (non-hydrogen) atoms. The number of hydrogen-bond acceptors (Lipinski definition) is 5. The molecule has 0 aliphatic carbocycles. The van der Waals surface area contributed by atoms with E-state index >= 15 is 0 Å². The number of halogens is 1. The predicted octanol–water partition coefficient (Wildman–Crippen LogP) is 0.874. The van der Waals surface area contributed by atoms with Crippen molar-refractivity contribution in [2.24, 2.45) is 4.99 Å². The summed E-state index contributed by atoms with van der Waals surface area (Å²) in [6, 6.07) is 0. The lowest BCUT2D eigenvalue weighted by atomic mass is 10.5. The number of hydrogen-bond donors (Lipinski definition) is 3. The van der Waals surface area contributed by atoms with Crippen LogP contribution in [0.3, 0.4) is 0 Å². The van der Waals surface area contributed by atoms with Crippen LogP contribution in [0.4, 0.5) is 5.13 Å². The molecule has 1 heterocycles. The first-order valence-corrected chi connectivity index (χ1v) is 6.80. The monoisotopic (exact) mass is 399 g/mol. The van der Waals surface area contributed by atoms with E-state index in [1.54, 1.807) is 11.3 Å². The summed E-state index contributed by atoms with van der Waals surface area (Å²) in [6.07, 6.45) is 0. The van der Waals surface area contributed by atoms with Gasteiger partial charge in [0.2, 0.25) is 0 Å². The molecule has 0 aromatic carbocycles. The summed E-state index contributed by atoms with van der Waals surface area (Å²) in [5.41, 5.74) is 0.949. The van der Waals surface area contributed by atoms with E-state index in [-0.39, 0.29) is 30.6 Å². The van der Waals surface area contributed by atoms with Gasteiger partial charge in [-0.3, -0.25) is 0 Å². The molecule has 0 spiro atoms. The third-order valence-corrected chi connectivity index (χ3v) is 3.13. The molecule has 0 saturated heterocycles. The summed E-state index contributed by atoms with van der Waals surface area (Å²) in [5, 5.41) is 17.9. The molecule has 0 atom stereocenters. The number of aromatic nitrogens is 1. The second kappa shape index (κ2) is 10.2. The second-order valence-electron chi connectivity index (χ2n) is 3.86. The van der Waals surface area contributed by atoms with Gasteiger partial charge < -0.3 is 20.6 Å². The van der Waals surface area contributed by atoms with Gasteiger partial charge in [-0.15, -0.1) is 35.3 Å². The molecule has 0 saturated carbocycles. The number of aliphatic hydroxyl groups is 1. The Balaban J connectivity index is 0.00000324. The lowest BCUT2D eigenvalue weighted by Crippen LogP contribution is -2.38. The Labute approximate surface area is 135 Å². The van der Waals surface area contributed by atoms with E-state index in [4.69, 9.17) is 5.11 Å². The number of nitrogens with zero attached hydrogens (tertiary/aromatic N) is 3. The van der Waals surface area contributed by atoms with Gasteiger partial charge >= 0.3 is 0 Å². The molecule has 1 rings (SSSR count). The molecule has 6 nitrogen and oxygen atoms in total. The molecule has 0 aliphatic heterocycles. The SMILES string of the molecule is CCNC(=NCc1csc(N(C)C)n1)NCCO.I. The zero-order chi connectivity index (χ0) is 13.4. The van der Waals surface area contributed by atoms with Gasteiger partial charge in [-0.05, 0) is 6.92 Å². The first kappa shape index (κ1) is 18.4. The maximum Gasteiger partial charge on any atom is 0.191 e. The third-order valence-electron chi connectivity index (χ3n) is 2.07. The van der Waals surface area contributed by atoms with E-state index in [9.17, 15) is 0 Å². The van der Waals surface area contributed by atoms with Crippen molar-refractivity contribution in [3.63, 3.8) is 0 Å². The maximum absolute atomic E-state index is 8.77. The van der Waals surface area contributed by atoms with E-state index in [0.717, 1.165) is 17.4 Å². The summed E-state index contributed by atoms with van der Waals surface area (Å²) in [7, 11) is 3.94. The fourth-order valence-corrected chi connectivity index (χ4v) is 2.00. The van der Waals surface area contributed by atoms with Crippen molar-refractivity contribution < 1.29 is 5.11 Å². The minimum atomic E-state index is 0. The average Bonchev–Trinajstić information content (AvgIpc) is 2.81. The molecule has 0 fully saturated rings. The van der Waals surface area contributed by atoms with Crippen LogP contribution in [0.15, 0.2) is 10.4 Å². The summed E-state index contributed by atoms with van der Waals surface area (Å²) in [4.78, 5) is 10.8. The minimum Gasteiger partial charge on any atom is -0.395 e. The molecular weight excluding hydrogens is 377 g/mol. The summed E-state index contributed by atoms with van der Waals surface area (Å²) >= 11 is 1.61. The Kier molecular flexibility index (Phi) is 9.88. The summed E-state index contributed by atoms with van der Waals surface area (Å²) in [6.45, 7) is 3.91. The van der Waals surface area contributed by atoms with Crippen molar-refractivity contribution >= 4 is 46.4 Å². The van der Waals surface area contributed by atoms with Gasteiger partial charge in [-0.2, -0.15) is 0 Å². The van der Waals surface area contributed by atoms with Crippen LogP contribution in [0.5, 0.6) is 0 Å². The highest BCUT2D eigenvalue weighted by molar-refractivity contribution is 14.0. The van der Waals surface area contributed by atoms with Crippen LogP contribution in [-0.2, 0) is 6.54 Å². The van der Waals surface area contributed by atoms with E-state index in [1.165, 1.54) is 0 Å². The second-order valence-corrected chi connectivity index (χ2v) is 4.70. The van der Waals surface area contributed by atoms with Crippen LogP contribution < -0.4 is 15.5 Å². The van der Waals surface area contributed by atoms with E-state index < -0.39 is 0 Å². The third kappa shape index (κ3) is 6.92. The van der Waals surface area contributed by atoms with Gasteiger partial charge in [-0.25, -0.2) is 9.98 Å². The highest BCUT2D eigenvalue weighted by Gasteiger charge is 2.03. The van der Waals surface area contributed by atoms with Crippen LogP contribution in [0, 0.1) is 0 Å². The minimum absolute atomic E-state index is 0. The number of guanidine groups is 1. The number of anilines is 1. The summed E-state index contributed by atoms with van der Waals surface area (Å²) < 4.78 is 0. The maximum atomic E-state index is 8.77. The lowest BCUT2D eigenvalue weighted by Gasteiger charge is -2.09. The van der Waals surface area contributed by atoms with Crippen molar-refractivity contribution in [2.45, 2.75) is 13.5 Å². The standard InChI is InChI=1S/C11H21N5OS.HI/c1-4-12-10(13-5-6-17)14-7-9-8-18-11(15-9)16(2)3;/h8,17H,4-7H2,1-3H3,(H2,12,13,14);1H. The molecule has 0 aliphatic rings. The Morgan fingerprint density at radius 1 is 1.47 bits per heavy atom. The number of aliphatic hydroxyl groups excluding tert-OH is 1. The zero-order valence-corrected chi connectivity index (χ0v) is 14.7. The average molecular weight is 399 g/mol. The van der Waals surface area contributed by atoms with Crippen LogP contribution in [0.2, 0.25) is 0 Å². The largest absolute Gasteiger partial charge is 0.395 e. The quantitative estimate of drug-likeness (QED) is 0.376. The molecule has 1 aromatic heterocycles. The molecule has 110 valence electrons. The highest BCUT2D eigenvalue weighted by atomic mass is 127. The molecule has 0 unspecified atom stereocenters. The number of thiazole rings is 1. The van der Waals surface area contributed by atoms with Crippen LogP contribution >= 0.6 is 35.3 Å². The highest BCUT2D eigenvalue weighted by Crippen LogP contribution is 2.18. The molecule has 0 amide bonds. The molecule has 8 heteroatoms. The van der Waals surface area contributed by atoms with Crippen LogP contribution in [0.25, 0.3) is 0 Å². The van der Waals surface area contributed by atoms with E-state index in [2.05, 4.69) is 20.6 Å². The molecule has 0 bridgehead atoms. The number of rotatable bonds is 6. The molecular formula is C11H22IN5OS. The number of aliphatic imine (C=N–C) groups is 1. The normalized spacial score (nSPS) is 10.8. The Hall–Kier alpha value is -0.610. The van der Waals surface area contributed by atoms with Gasteiger partial charge in [0, 0.05) is 32.6 Å². The van der Waals surface area contributed by atoms with Gasteiger partial charge in [0.1, 0.15) is 0 Å². The first-order valence-electron chi connectivity index (χ1n) is 5.92. The van der Waals surface area contributed by atoms with Gasteiger partial charge in [0.05, 0.1) is 18.8 Å². The van der Waals surface area contributed by atoms with Crippen molar-refractivity contribution in [3.8, 4) is 0 Å².